The van der Waals surface area contributed by atoms with E-state index in [1.165, 1.54) is 35.5 Å². The normalized spacial score (nSPS) is 17.2. The number of likely N-dealkylation sites (tertiary alicyclic amines) is 1. The maximum atomic E-state index is 12.7. The third kappa shape index (κ3) is 3.40. The van der Waals surface area contributed by atoms with E-state index < -0.39 is 11.2 Å². The first kappa shape index (κ1) is 17.9. The predicted octanol–water partition coefficient (Wildman–Crippen LogP) is 1.77. The van der Waals surface area contributed by atoms with Gasteiger partial charge in [0.2, 0.25) is 5.91 Å². The Kier molecular flexibility index (Phi) is 4.93. The Morgan fingerprint density at radius 2 is 1.85 bits per heavy atom. The number of rotatable bonds is 3. The SMILES string of the molecule is Cc1ccc(C2CCCN2C(=O)/C=C/c2cn(C)c(=O)n(C)c2=O)cc1. The molecule has 0 spiro atoms. The van der Waals surface area contributed by atoms with Gasteiger partial charge in [-0.3, -0.25) is 14.2 Å². The van der Waals surface area contributed by atoms with Gasteiger partial charge in [0, 0.05) is 32.9 Å². The van der Waals surface area contributed by atoms with E-state index in [1.807, 2.05) is 11.8 Å². The molecule has 1 fully saturated rings. The topological polar surface area (TPSA) is 64.3 Å². The molecule has 0 aliphatic carbocycles. The second kappa shape index (κ2) is 7.15. The molecule has 136 valence electrons. The largest absolute Gasteiger partial charge is 0.332 e. The van der Waals surface area contributed by atoms with Gasteiger partial charge in [-0.05, 0) is 31.4 Å². The molecule has 0 radical (unpaired) electrons. The van der Waals surface area contributed by atoms with E-state index in [2.05, 4.69) is 24.3 Å². The molecule has 3 rings (SSSR count). The third-order valence-corrected chi connectivity index (χ3v) is 4.88. The molecule has 1 amide bonds. The molecule has 0 bridgehead atoms. The molecule has 1 aromatic carbocycles. The van der Waals surface area contributed by atoms with Gasteiger partial charge >= 0.3 is 5.69 Å². The number of hydrogen-bond acceptors (Lipinski definition) is 3. The molecular weight excluding hydrogens is 330 g/mol. The highest BCUT2D eigenvalue weighted by Crippen LogP contribution is 2.32. The molecule has 2 heterocycles. The molecule has 26 heavy (non-hydrogen) atoms. The fraction of sp³-hybridized carbons (Fsp3) is 0.350. The smallest absolute Gasteiger partial charge is 0.330 e. The lowest BCUT2D eigenvalue weighted by Crippen LogP contribution is -2.37. The van der Waals surface area contributed by atoms with Gasteiger partial charge in [-0.1, -0.05) is 29.8 Å². The first-order valence-electron chi connectivity index (χ1n) is 8.70. The average Bonchev–Trinajstić information content (AvgIpc) is 3.12. The van der Waals surface area contributed by atoms with Gasteiger partial charge in [0.1, 0.15) is 0 Å². The Morgan fingerprint density at radius 1 is 1.15 bits per heavy atom. The van der Waals surface area contributed by atoms with Gasteiger partial charge in [-0.2, -0.15) is 0 Å². The Labute approximate surface area is 152 Å². The summed E-state index contributed by atoms with van der Waals surface area (Å²) in [7, 11) is 3.01. The number of carbonyl (C=O) groups excluding carboxylic acids is 1. The van der Waals surface area contributed by atoms with Crippen molar-refractivity contribution >= 4 is 12.0 Å². The monoisotopic (exact) mass is 353 g/mol. The summed E-state index contributed by atoms with van der Waals surface area (Å²) < 4.78 is 2.37. The molecule has 1 unspecified atom stereocenters. The lowest BCUT2D eigenvalue weighted by molar-refractivity contribution is -0.126. The van der Waals surface area contributed by atoms with Crippen molar-refractivity contribution < 1.29 is 4.79 Å². The Hall–Kier alpha value is -2.89. The summed E-state index contributed by atoms with van der Waals surface area (Å²) in [6.07, 6.45) is 6.27. The van der Waals surface area contributed by atoms with E-state index in [4.69, 9.17) is 0 Å². The number of carbonyl (C=O) groups is 1. The van der Waals surface area contributed by atoms with Crippen LogP contribution in [0.3, 0.4) is 0 Å². The fourth-order valence-corrected chi connectivity index (χ4v) is 3.37. The molecule has 1 aliphatic rings. The van der Waals surface area contributed by atoms with Gasteiger partial charge in [0.15, 0.2) is 0 Å². The fourth-order valence-electron chi connectivity index (χ4n) is 3.37. The van der Waals surface area contributed by atoms with Crippen molar-refractivity contribution in [1.82, 2.24) is 14.0 Å². The maximum absolute atomic E-state index is 12.7. The van der Waals surface area contributed by atoms with Crippen LogP contribution in [0, 0.1) is 6.92 Å². The first-order chi connectivity index (χ1) is 12.4. The molecule has 2 aromatic rings. The zero-order valence-corrected chi connectivity index (χ0v) is 15.3. The van der Waals surface area contributed by atoms with Crippen LogP contribution >= 0.6 is 0 Å². The average molecular weight is 353 g/mol. The van der Waals surface area contributed by atoms with Gasteiger partial charge in [-0.15, -0.1) is 0 Å². The number of amides is 1. The number of benzene rings is 1. The first-order valence-corrected chi connectivity index (χ1v) is 8.70. The number of hydrogen-bond donors (Lipinski definition) is 0. The Bertz CT molecular complexity index is 967. The van der Waals surface area contributed by atoms with Crippen LogP contribution < -0.4 is 11.2 Å². The molecule has 6 nitrogen and oxygen atoms in total. The quantitative estimate of drug-likeness (QED) is 0.790. The summed E-state index contributed by atoms with van der Waals surface area (Å²) in [5.41, 5.74) is 1.84. The Balaban J connectivity index is 1.83. The molecule has 1 aromatic heterocycles. The van der Waals surface area contributed by atoms with Crippen LogP contribution in [-0.4, -0.2) is 26.5 Å². The van der Waals surface area contributed by atoms with Gasteiger partial charge < -0.3 is 9.47 Å². The minimum atomic E-state index is -0.409. The summed E-state index contributed by atoms with van der Waals surface area (Å²) in [6.45, 7) is 2.74. The molecular formula is C20H23N3O3. The van der Waals surface area contributed by atoms with Gasteiger partial charge in [0.25, 0.3) is 5.56 Å². The maximum Gasteiger partial charge on any atom is 0.330 e. The standard InChI is InChI=1S/C20H23N3O3/c1-14-6-8-15(9-7-14)17-5-4-12-23(17)18(24)11-10-16-13-21(2)20(26)22(3)19(16)25/h6-11,13,17H,4-5,12H2,1-3H3/b11-10+. The van der Waals surface area contributed by atoms with Crippen LogP contribution in [0.2, 0.25) is 0 Å². The molecule has 1 aliphatic heterocycles. The molecule has 0 saturated carbocycles. The van der Waals surface area contributed by atoms with Crippen molar-refractivity contribution in [2.75, 3.05) is 6.54 Å². The van der Waals surface area contributed by atoms with Crippen molar-refractivity contribution in [2.45, 2.75) is 25.8 Å². The highest BCUT2D eigenvalue weighted by molar-refractivity contribution is 5.92. The van der Waals surface area contributed by atoms with E-state index in [1.54, 1.807) is 7.05 Å². The molecule has 6 heteroatoms. The van der Waals surface area contributed by atoms with Crippen LogP contribution in [0.15, 0.2) is 46.1 Å². The summed E-state index contributed by atoms with van der Waals surface area (Å²) in [5, 5.41) is 0. The third-order valence-electron chi connectivity index (χ3n) is 4.88. The van der Waals surface area contributed by atoms with Gasteiger partial charge in [-0.25, -0.2) is 4.79 Å². The number of aryl methyl sites for hydroxylation is 2. The Morgan fingerprint density at radius 3 is 2.54 bits per heavy atom. The summed E-state index contributed by atoms with van der Waals surface area (Å²) >= 11 is 0. The van der Waals surface area contributed by atoms with E-state index in [9.17, 15) is 14.4 Å². The lowest BCUT2D eigenvalue weighted by atomic mass is 10.0. The summed E-state index contributed by atoms with van der Waals surface area (Å²) in [4.78, 5) is 38.4. The molecule has 0 N–H and O–H groups in total. The summed E-state index contributed by atoms with van der Waals surface area (Å²) in [5.74, 6) is -0.121. The zero-order chi connectivity index (χ0) is 18.8. The minimum absolute atomic E-state index is 0.0655. The van der Waals surface area contributed by atoms with Crippen LogP contribution in [0.4, 0.5) is 0 Å². The molecule has 1 saturated heterocycles. The van der Waals surface area contributed by atoms with Crippen LogP contribution in [0.25, 0.3) is 6.08 Å². The number of aromatic nitrogens is 2. The van der Waals surface area contributed by atoms with Crippen molar-refractivity contribution in [3.8, 4) is 0 Å². The van der Waals surface area contributed by atoms with E-state index in [0.717, 1.165) is 23.0 Å². The van der Waals surface area contributed by atoms with E-state index in [0.29, 0.717) is 12.1 Å². The van der Waals surface area contributed by atoms with E-state index >= 15 is 0 Å². The van der Waals surface area contributed by atoms with E-state index in [-0.39, 0.29) is 11.9 Å². The van der Waals surface area contributed by atoms with Crippen molar-refractivity contribution in [3.05, 3.63) is 74.1 Å². The second-order valence-electron chi connectivity index (χ2n) is 6.78. The van der Waals surface area contributed by atoms with Crippen molar-refractivity contribution in [2.24, 2.45) is 14.1 Å². The van der Waals surface area contributed by atoms with Crippen LogP contribution in [0.5, 0.6) is 0 Å². The number of nitrogens with zero attached hydrogens (tertiary/aromatic N) is 3. The molecule has 1 atom stereocenters. The summed E-state index contributed by atoms with van der Waals surface area (Å²) in [6, 6.07) is 8.31. The predicted molar refractivity (Wildman–Crippen MR) is 101 cm³/mol. The van der Waals surface area contributed by atoms with Crippen molar-refractivity contribution in [1.29, 1.82) is 0 Å². The second-order valence-corrected chi connectivity index (χ2v) is 6.78. The van der Waals surface area contributed by atoms with Crippen LogP contribution in [-0.2, 0) is 18.9 Å². The minimum Gasteiger partial charge on any atom is -0.332 e. The zero-order valence-electron chi connectivity index (χ0n) is 15.3. The van der Waals surface area contributed by atoms with Crippen LogP contribution in [0.1, 0.15) is 35.6 Å². The highest BCUT2D eigenvalue weighted by Gasteiger charge is 2.28. The van der Waals surface area contributed by atoms with Crippen molar-refractivity contribution in [3.63, 3.8) is 0 Å². The lowest BCUT2D eigenvalue weighted by Gasteiger charge is -2.24. The highest BCUT2D eigenvalue weighted by atomic mass is 16.2. The van der Waals surface area contributed by atoms with Gasteiger partial charge in [0.05, 0.1) is 11.6 Å².